The Balaban J connectivity index is 2.27. The first-order valence-electron chi connectivity index (χ1n) is 6.84. The van der Waals surface area contributed by atoms with Gasteiger partial charge in [0.1, 0.15) is 17.4 Å². The Hall–Kier alpha value is -1.81. The van der Waals surface area contributed by atoms with Crippen LogP contribution in [0.4, 0.5) is 4.39 Å². The van der Waals surface area contributed by atoms with Crippen molar-refractivity contribution in [1.82, 2.24) is 9.55 Å². The molecule has 3 rings (SSSR count). The van der Waals surface area contributed by atoms with Crippen molar-refractivity contribution in [2.75, 3.05) is 0 Å². The van der Waals surface area contributed by atoms with Crippen molar-refractivity contribution in [3.8, 4) is 0 Å². The van der Waals surface area contributed by atoms with Gasteiger partial charge in [0.15, 0.2) is 0 Å². The minimum Gasteiger partial charge on any atom is -0.467 e. The Morgan fingerprint density at radius 1 is 1.33 bits per heavy atom. The summed E-state index contributed by atoms with van der Waals surface area (Å²) in [6, 6.07) is 6.96. The molecule has 0 saturated carbocycles. The van der Waals surface area contributed by atoms with E-state index in [9.17, 15) is 4.39 Å². The number of fused-ring (bicyclic) bond motifs is 1. The molecule has 3 nitrogen and oxygen atoms in total. The third kappa shape index (κ3) is 2.33. The summed E-state index contributed by atoms with van der Waals surface area (Å²) >= 11 is 6.26. The van der Waals surface area contributed by atoms with E-state index in [0.717, 1.165) is 11.3 Å². The highest BCUT2D eigenvalue weighted by atomic mass is 35.5. The third-order valence-corrected chi connectivity index (χ3v) is 3.89. The molecule has 2 heterocycles. The van der Waals surface area contributed by atoms with Crippen molar-refractivity contribution in [2.45, 2.75) is 32.2 Å². The van der Waals surface area contributed by atoms with Crippen molar-refractivity contribution >= 4 is 22.6 Å². The molecule has 0 amide bonds. The van der Waals surface area contributed by atoms with Crippen LogP contribution in [0.1, 0.15) is 42.4 Å². The maximum Gasteiger partial charge on any atom is 0.128 e. The number of aryl methyl sites for hydroxylation is 1. The topological polar surface area (TPSA) is 31.0 Å². The number of halogens is 2. The summed E-state index contributed by atoms with van der Waals surface area (Å²) in [7, 11) is 0. The van der Waals surface area contributed by atoms with Gasteiger partial charge in [0, 0.05) is 6.07 Å². The van der Waals surface area contributed by atoms with Crippen LogP contribution in [-0.4, -0.2) is 9.55 Å². The fourth-order valence-electron chi connectivity index (χ4n) is 2.58. The number of nitrogens with zero attached hydrogens (tertiary/aromatic N) is 2. The SMILES string of the molecule is Cc1cc2c(cc1F)nc(C(C)Cl)n2C(C)c1ccco1. The van der Waals surface area contributed by atoms with E-state index in [1.54, 1.807) is 19.3 Å². The highest BCUT2D eigenvalue weighted by molar-refractivity contribution is 6.20. The number of aromatic nitrogens is 2. The van der Waals surface area contributed by atoms with Gasteiger partial charge in [-0.15, -0.1) is 11.6 Å². The molecule has 2 unspecified atom stereocenters. The van der Waals surface area contributed by atoms with Crippen molar-refractivity contribution in [3.05, 3.63) is 53.5 Å². The Kier molecular flexibility index (Phi) is 3.49. The highest BCUT2D eigenvalue weighted by Crippen LogP contribution is 2.32. The minimum atomic E-state index is -0.279. The molecule has 0 fully saturated rings. The lowest BCUT2D eigenvalue weighted by Gasteiger charge is -2.17. The van der Waals surface area contributed by atoms with Crippen LogP contribution in [-0.2, 0) is 0 Å². The monoisotopic (exact) mass is 306 g/mol. The van der Waals surface area contributed by atoms with E-state index in [2.05, 4.69) is 4.98 Å². The summed E-state index contributed by atoms with van der Waals surface area (Å²) in [4.78, 5) is 4.49. The highest BCUT2D eigenvalue weighted by Gasteiger charge is 2.22. The summed E-state index contributed by atoms with van der Waals surface area (Å²) < 4.78 is 21.3. The zero-order valence-electron chi connectivity index (χ0n) is 12.1. The van der Waals surface area contributed by atoms with Gasteiger partial charge in [0.25, 0.3) is 0 Å². The van der Waals surface area contributed by atoms with Gasteiger partial charge in [-0.2, -0.15) is 0 Å². The molecule has 0 radical (unpaired) electrons. The van der Waals surface area contributed by atoms with E-state index >= 15 is 0 Å². The molecule has 21 heavy (non-hydrogen) atoms. The molecule has 2 atom stereocenters. The number of imidazole rings is 1. The molecular formula is C16H16ClFN2O. The Morgan fingerprint density at radius 3 is 2.71 bits per heavy atom. The molecule has 0 N–H and O–H groups in total. The van der Waals surface area contributed by atoms with Crippen LogP contribution < -0.4 is 0 Å². The van der Waals surface area contributed by atoms with Gasteiger partial charge in [-0.1, -0.05) is 0 Å². The first kappa shape index (κ1) is 14.1. The largest absolute Gasteiger partial charge is 0.467 e. The quantitative estimate of drug-likeness (QED) is 0.639. The summed E-state index contributed by atoms with van der Waals surface area (Å²) in [5, 5.41) is -0.279. The van der Waals surface area contributed by atoms with Crippen LogP contribution in [0.15, 0.2) is 34.9 Å². The zero-order valence-corrected chi connectivity index (χ0v) is 12.9. The lowest BCUT2D eigenvalue weighted by molar-refractivity contribution is 0.444. The second-order valence-corrected chi connectivity index (χ2v) is 5.89. The van der Waals surface area contributed by atoms with Crippen molar-refractivity contribution in [3.63, 3.8) is 0 Å². The van der Waals surface area contributed by atoms with E-state index in [1.807, 2.05) is 30.5 Å². The first-order chi connectivity index (χ1) is 9.99. The molecule has 1 aromatic carbocycles. The second kappa shape index (κ2) is 5.19. The van der Waals surface area contributed by atoms with Gasteiger partial charge in [-0.25, -0.2) is 9.37 Å². The number of benzene rings is 1. The Labute approximate surface area is 127 Å². The number of alkyl halides is 1. The molecular weight excluding hydrogens is 291 g/mol. The Morgan fingerprint density at radius 2 is 2.10 bits per heavy atom. The van der Waals surface area contributed by atoms with E-state index in [0.29, 0.717) is 16.9 Å². The molecule has 0 saturated heterocycles. The summed E-state index contributed by atoms with van der Waals surface area (Å²) in [6.45, 7) is 5.62. The summed E-state index contributed by atoms with van der Waals surface area (Å²) in [5.41, 5.74) is 2.06. The maximum atomic E-state index is 13.8. The number of furan rings is 1. The lowest BCUT2D eigenvalue weighted by Crippen LogP contribution is -2.10. The predicted octanol–water partition coefficient (Wildman–Crippen LogP) is 4.99. The van der Waals surface area contributed by atoms with Gasteiger partial charge >= 0.3 is 0 Å². The van der Waals surface area contributed by atoms with Crippen LogP contribution in [0.3, 0.4) is 0 Å². The fraction of sp³-hybridized carbons (Fsp3) is 0.312. The van der Waals surface area contributed by atoms with Crippen molar-refractivity contribution < 1.29 is 8.81 Å². The lowest BCUT2D eigenvalue weighted by atomic mass is 10.2. The smallest absolute Gasteiger partial charge is 0.128 e. The van der Waals surface area contributed by atoms with Crippen LogP contribution in [0, 0.1) is 12.7 Å². The van der Waals surface area contributed by atoms with E-state index in [4.69, 9.17) is 16.0 Å². The van der Waals surface area contributed by atoms with Crippen LogP contribution in [0.25, 0.3) is 11.0 Å². The standard InChI is InChI=1S/C16H16ClFN2O/c1-9-7-14-13(8-12(9)18)19-16(10(2)17)20(14)11(3)15-5-4-6-21-15/h4-8,10-11H,1-3H3. The molecule has 0 bridgehead atoms. The molecule has 2 aromatic heterocycles. The molecule has 0 spiro atoms. The van der Waals surface area contributed by atoms with Crippen LogP contribution >= 0.6 is 11.6 Å². The second-order valence-electron chi connectivity index (χ2n) is 5.24. The molecule has 110 valence electrons. The molecule has 3 aromatic rings. The maximum absolute atomic E-state index is 13.8. The molecule has 0 aliphatic rings. The molecule has 5 heteroatoms. The predicted molar refractivity (Wildman–Crippen MR) is 81.2 cm³/mol. The van der Waals surface area contributed by atoms with Crippen molar-refractivity contribution in [2.24, 2.45) is 0 Å². The fourth-order valence-corrected chi connectivity index (χ4v) is 2.74. The van der Waals surface area contributed by atoms with Crippen LogP contribution in [0.2, 0.25) is 0 Å². The van der Waals surface area contributed by atoms with E-state index in [1.165, 1.54) is 6.07 Å². The van der Waals surface area contributed by atoms with Crippen molar-refractivity contribution in [1.29, 1.82) is 0 Å². The van der Waals surface area contributed by atoms with Crippen LogP contribution in [0.5, 0.6) is 0 Å². The average molecular weight is 307 g/mol. The number of rotatable bonds is 3. The van der Waals surface area contributed by atoms with Gasteiger partial charge in [-0.3, -0.25) is 0 Å². The average Bonchev–Trinajstić information content (AvgIpc) is 3.06. The Bertz CT molecular complexity index is 777. The number of hydrogen-bond acceptors (Lipinski definition) is 2. The number of hydrogen-bond donors (Lipinski definition) is 0. The zero-order chi connectivity index (χ0) is 15.1. The van der Waals surface area contributed by atoms with Gasteiger partial charge in [0.2, 0.25) is 0 Å². The first-order valence-corrected chi connectivity index (χ1v) is 7.28. The van der Waals surface area contributed by atoms with Gasteiger partial charge < -0.3 is 8.98 Å². The minimum absolute atomic E-state index is 0.0638. The molecule has 0 aliphatic carbocycles. The normalized spacial score (nSPS) is 14.5. The van der Waals surface area contributed by atoms with E-state index < -0.39 is 0 Å². The summed E-state index contributed by atoms with van der Waals surface area (Å²) in [6.07, 6.45) is 1.64. The van der Waals surface area contributed by atoms with Gasteiger partial charge in [-0.05, 0) is 44.5 Å². The molecule has 0 aliphatic heterocycles. The summed E-state index contributed by atoms with van der Waals surface area (Å²) in [5.74, 6) is 1.27. The van der Waals surface area contributed by atoms with Gasteiger partial charge in [0.05, 0.1) is 28.7 Å². The third-order valence-electron chi connectivity index (χ3n) is 3.70. The van der Waals surface area contributed by atoms with E-state index in [-0.39, 0.29) is 17.2 Å².